The Morgan fingerprint density at radius 1 is 1.39 bits per heavy atom. The molecule has 1 N–H and O–H groups in total. The summed E-state index contributed by atoms with van der Waals surface area (Å²) in [6.07, 6.45) is 3.32. The van der Waals surface area contributed by atoms with E-state index < -0.39 is 5.97 Å². The van der Waals surface area contributed by atoms with Crippen LogP contribution in [0, 0.1) is 10.7 Å². The lowest BCUT2D eigenvalue weighted by Gasteiger charge is -2.11. The first-order chi connectivity index (χ1) is 11.2. The molecule has 8 heteroatoms. The Morgan fingerprint density at radius 2 is 2.13 bits per heavy atom. The number of rotatable bonds is 6. The second-order valence-corrected chi connectivity index (χ2v) is 5.81. The van der Waals surface area contributed by atoms with Gasteiger partial charge in [-0.1, -0.05) is 11.8 Å². The van der Waals surface area contributed by atoms with Crippen molar-refractivity contribution < 1.29 is 9.53 Å². The van der Waals surface area contributed by atoms with E-state index in [9.17, 15) is 4.79 Å². The summed E-state index contributed by atoms with van der Waals surface area (Å²) in [4.78, 5) is 21.3. The molecule has 0 amide bonds. The van der Waals surface area contributed by atoms with Crippen molar-refractivity contribution in [3.63, 3.8) is 0 Å². The first-order valence-corrected chi connectivity index (χ1v) is 8.73. The van der Waals surface area contributed by atoms with Gasteiger partial charge in [0.15, 0.2) is 5.16 Å². The maximum atomic E-state index is 12.0. The molecule has 1 heterocycles. The largest absolute Gasteiger partial charge is 0.462 e. The molecule has 0 aliphatic heterocycles. The highest BCUT2D eigenvalue weighted by Gasteiger charge is 2.16. The molecule has 0 aliphatic carbocycles. The van der Waals surface area contributed by atoms with Crippen LogP contribution in [0.5, 0.6) is 0 Å². The van der Waals surface area contributed by atoms with Gasteiger partial charge in [-0.3, -0.25) is 0 Å². The molecule has 0 atom stereocenters. The van der Waals surface area contributed by atoms with E-state index in [2.05, 4.69) is 15.3 Å². The number of nitrogens with one attached hydrogen (secondary N) is 1. The molecule has 6 nitrogen and oxygen atoms in total. The van der Waals surface area contributed by atoms with Gasteiger partial charge in [0.2, 0.25) is 0 Å². The molecule has 1 aromatic carbocycles. The molecule has 0 unspecified atom stereocenters. The Balaban J connectivity index is 2.29. The summed E-state index contributed by atoms with van der Waals surface area (Å²) in [6, 6.07) is 7.26. The van der Waals surface area contributed by atoms with E-state index in [0.29, 0.717) is 11.0 Å². The SMILES string of the molecule is CCOC(=O)c1cnc(SC)nc1Nc1ccc(SC#N)cc1. The predicted molar refractivity (Wildman–Crippen MR) is 91.0 cm³/mol. The van der Waals surface area contributed by atoms with Crippen molar-refractivity contribution in [1.29, 1.82) is 5.26 Å². The van der Waals surface area contributed by atoms with Crippen LogP contribution < -0.4 is 5.32 Å². The van der Waals surface area contributed by atoms with Crippen LogP contribution in [0.2, 0.25) is 0 Å². The van der Waals surface area contributed by atoms with Gasteiger partial charge in [0.1, 0.15) is 16.8 Å². The van der Waals surface area contributed by atoms with Crippen LogP contribution in [0.3, 0.4) is 0 Å². The molecule has 0 bridgehead atoms. The zero-order valence-corrected chi connectivity index (χ0v) is 14.2. The number of hydrogen-bond acceptors (Lipinski definition) is 8. The number of aromatic nitrogens is 2. The summed E-state index contributed by atoms with van der Waals surface area (Å²) in [5, 5.41) is 14.3. The minimum Gasteiger partial charge on any atom is -0.462 e. The molecule has 2 aromatic rings. The molecule has 0 saturated heterocycles. The fourth-order valence-electron chi connectivity index (χ4n) is 1.71. The third-order valence-corrected chi connectivity index (χ3v) is 3.89. The standard InChI is InChI=1S/C15H14N4O2S2/c1-3-21-14(20)12-8-17-15(22-2)19-13(12)18-10-4-6-11(7-5-10)23-9-16/h4-8H,3H2,1-2H3,(H,17,18,19). The predicted octanol–water partition coefficient (Wildman–Crippen LogP) is 3.69. The zero-order valence-electron chi connectivity index (χ0n) is 12.6. The number of ether oxygens (including phenoxy) is 1. The van der Waals surface area contributed by atoms with Crippen LogP contribution in [-0.2, 0) is 4.74 Å². The van der Waals surface area contributed by atoms with Crippen LogP contribution in [0.4, 0.5) is 11.5 Å². The van der Waals surface area contributed by atoms with E-state index in [0.717, 1.165) is 22.3 Å². The van der Waals surface area contributed by atoms with Crippen LogP contribution in [0.1, 0.15) is 17.3 Å². The van der Waals surface area contributed by atoms with Crippen LogP contribution in [-0.4, -0.2) is 28.8 Å². The Bertz CT molecular complexity index is 729. The Hall–Kier alpha value is -2.24. The summed E-state index contributed by atoms with van der Waals surface area (Å²) < 4.78 is 5.03. The molecule has 0 spiro atoms. The smallest absolute Gasteiger partial charge is 0.343 e. The summed E-state index contributed by atoms with van der Waals surface area (Å²) in [5.74, 6) is -0.0807. The first-order valence-electron chi connectivity index (χ1n) is 6.69. The Morgan fingerprint density at radius 3 is 2.74 bits per heavy atom. The van der Waals surface area contributed by atoms with Gasteiger partial charge in [-0.15, -0.1) is 0 Å². The van der Waals surface area contributed by atoms with Crippen molar-refractivity contribution in [3.8, 4) is 5.40 Å². The van der Waals surface area contributed by atoms with Gasteiger partial charge in [0, 0.05) is 16.8 Å². The van der Waals surface area contributed by atoms with E-state index in [4.69, 9.17) is 10.00 Å². The lowest BCUT2D eigenvalue weighted by Crippen LogP contribution is -2.10. The molecular formula is C15H14N4O2S2. The van der Waals surface area contributed by atoms with Crippen LogP contribution >= 0.6 is 23.5 Å². The number of anilines is 2. The van der Waals surface area contributed by atoms with Crippen LogP contribution in [0.15, 0.2) is 40.5 Å². The van der Waals surface area contributed by atoms with Gasteiger partial charge >= 0.3 is 5.97 Å². The molecule has 0 radical (unpaired) electrons. The molecule has 1 aromatic heterocycles. The summed E-state index contributed by atoms with van der Waals surface area (Å²) >= 11 is 2.47. The third kappa shape index (κ3) is 4.61. The number of nitriles is 1. The highest BCUT2D eigenvalue weighted by atomic mass is 32.2. The summed E-state index contributed by atoms with van der Waals surface area (Å²) in [7, 11) is 0. The molecule has 0 saturated carbocycles. The lowest BCUT2D eigenvalue weighted by atomic mass is 10.2. The molecule has 118 valence electrons. The minimum atomic E-state index is -0.473. The van der Waals surface area contributed by atoms with E-state index in [1.807, 2.05) is 35.9 Å². The minimum absolute atomic E-state index is 0.278. The maximum Gasteiger partial charge on any atom is 0.343 e. The lowest BCUT2D eigenvalue weighted by molar-refractivity contribution is 0.0526. The fraction of sp³-hybridized carbons (Fsp3) is 0.200. The topological polar surface area (TPSA) is 87.9 Å². The van der Waals surface area contributed by atoms with Gasteiger partial charge in [0.25, 0.3) is 0 Å². The van der Waals surface area contributed by atoms with Crippen molar-refractivity contribution in [2.24, 2.45) is 0 Å². The number of thiocyanates is 1. The van der Waals surface area contributed by atoms with Gasteiger partial charge in [0.05, 0.1) is 6.61 Å². The summed E-state index contributed by atoms with van der Waals surface area (Å²) in [6.45, 7) is 2.02. The zero-order chi connectivity index (χ0) is 16.7. The molecule has 23 heavy (non-hydrogen) atoms. The van der Waals surface area contributed by atoms with Gasteiger partial charge < -0.3 is 10.1 Å². The van der Waals surface area contributed by atoms with E-state index in [1.54, 1.807) is 6.92 Å². The Labute approximate surface area is 142 Å². The summed E-state index contributed by atoms with van der Waals surface area (Å²) in [5.41, 5.74) is 1.03. The average Bonchev–Trinajstić information content (AvgIpc) is 2.57. The average molecular weight is 346 g/mol. The van der Waals surface area contributed by atoms with Crippen molar-refractivity contribution in [3.05, 3.63) is 36.0 Å². The monoisotopic (exact) mass is 346 g/mol. The molecule has 0 aliphatic rings. The highest BCUT2D eigenvalue weighted by molar-refractivity contribution is 8.03. The normalized spacial score (nSPS) is 9.96. The van der Waals surface area contributed by atoms with Crippen molar-refractivity contribution in [2.75, 3.05) is 18.2 Å². The number of carbonyl (C=O) groups excluding carboxylic acids is 1. The molecular weight excluding hydrogens is 332 g/mol. The maximum absolute atomic E-state index is 12.0. The van der Waals surface area contributed by atoms with E-state index in [1.165, 1.54) is 18.0 Å². The quantitative estimate of drug-likeness (QED) is 0.367. The third-order valence-electron chi connectivity index (χ3n) is 2.73. The van der Waals surface area contributed by atoms with E-state index >= 15 is 0 Å². The van der Waals surface area contributed by atoms with Crippen LogP contribution in [0.25, 0.3) is 0 Å². The van der Waals surface area contributed by atoms with Crippen molar-refractivity contribution in [1.82, 2.24) is 9.97 Å². The first kappa shape index (κ1) is 17.1. The highest BCUT2D eigenvalue weighted by Crippen LogP contribution is 2.24. The number of thioether (sulfide) groups is 2. The number of carbonyl (C=O) groups is 1. The number of nitrogens with zero attached hydrogens (tertiary/aromatic N) is 3. The van der Waals surface area contributed by atoms with Gasteiger partial charge in [-0.25, -0.2) is 14.8 Å². The van der Waals surface area contributed by atoms with Gasteiger partial charge in [-0.05, 0) is 49.2 Å². The number of benzene rings is 1. The number of esters is 1. The van der Waals surface area contributed by atoms with E-state index in [-0.39, 0.29) is 12.2 Å². The molecule has 0 fully saturated rings. The van der Waals surface area contributed by atoms with Crippen molar-refractivity contribution in [2.45, 2.75) is 17.0 Å². The Kier molecular flexibility index (Phi) is 6.26. The molecule has 2 rings (SSSR count). The fourth-order valence-corrected chi connectivity index (χ4v) is 2.43. The second kappa shape index (κ2) is 8.41. The second-order valence-electron chi connectivity index (χ2n) is 4.18. The van der Waals surface area contributed by atoms with Crippen molar-refractivity contribution >= 4 is 41.0 Å². The number of hydrogen-bond donors (Lipinski definition) is 1. The van der Waals surface area contributed by atoms with Gasteiger partial charge in [-0.2, -0.15) is 5.26 Å².